The number of halogens is 1. The minimum atomic E-state index is -0.264. The molecule has 0 spiro atoms. The zero-order valence-corrected chi connectivity index (χ0v) is 24.2. The molecule has 1 saturated carbocycles. The Balaban J connectivity index is 1.64. The highest BCUT2D eigenvalue weighted by atomic mass is 79.9. The largest absolute Gasteiger partial charge is 0.382 e. The minimum Gasteiger partial charge on any atom is -0.382 e. The van der Waals surface area contributed by atoms with Crippen molar-refractivity contribution in [1.82, 2.24) is 15.5 Å². The van der Waals surface area contributed by atoms with Crippen molar-refractivity contribution in [1.29, 1.82) is 5.41 Å². The van der Waals surface area contributed by atoms with Crippen LogP contribution in [0.5, 0.6) is 0 Å². The van der Waals surface area contributed by atoms with E-state index >= 15 is 0 Å². The highest BCUT2D eigenvalue weighted by Crippen LogP contribution is 2.29. The molecular weight excluding hydrogens is 546 g/mol. The van der Waals surface area contributed by atoms with Crippen LogP contribution in [0.15, 0.2) is 39.5 Å². The van der Waals surface area contributed by atoms with Gasteiger partial charge < -0.3 is 26.3 Å². The highest BCUT2D eigenvalue weighted by molar-refractivity contribution is 9.10. The van der Waals surface area contributed by atoms with Gasteiger partial charge in [0.2, 0.25) is 12.3 Å². The normalized spacial score (nSPS) is 17.9. The molecule has 1 heterocycles. The molecule has 9 heteroatoms. The van der Waals surface area contributed by atoms with Crippen molar-refractivity contribution in [2.75, 3.05) is 25.0 Å². The molecule has 0 radical (unpaired) electrons. The Kier molecular flexibility index (Phi) is 11.1. The Morgan fingerprint density at radius 3 is 2.39 bits per heavy atom. The monoisotopic (exact) mass is 585 g/mol. The van der Waals surface area contributed by atoms with Crippen molar-refractivity contribution < 1.29 is 14.4 Å². The average molecular weight is 587 g/mol. The number of nitrogens with zero attached hydrogens (tertiary/aromatic N) is 1. The van der Waals surface area contributed by atoms with E-state index in [0.29, 0.717) is 30.0 Å². The second-order valence-corrected chi connectivity index (χ2v) is 11.3. The first kappa shape index (κ1) is 29.6. The van der Waals surface area contributed by atoms with Crippen molar-refractivity contribution in [3.05, 3.63) is 50.7 Å². The van der Waals surface area contributed by atoms with E-state index in [1.165, 1.54) is 12.6 Å². The fourth-order valence-corrected chi connectivity index (χ4v) is 5.64. The Labute approximate surface area is 234 Å². The second-order valence-electron chi connectivity index (χ2n) is 10.4. The molecule has 2 fully saturated rings. The molecule has 0 aromatic heterocycles. The number of carbonyl (C=O) groups is 3. The predicted octanol–water partition coefficient (Wildman–Crippen LogP) is 5.15. The predicted molar refractivity (Wildman–Crippen MR) is 155 cm³/mol. The Bertz CT molecular complexity index is 1100. The summed E-state index contributed by atoms with van der Waals surface area (Å²) in [7, 11) is 0. The van der Waals surface area contributed by atoms with Crippen LogP contribution in [-0.4, -0.2) is 55.0 Å². The third-order valence-corrected chi connectivity index (χ3v) is 8.02. The molecule has 1 aromatic carbocycles. The van der Waals surface area contributed by atoms with Crippen molar-refractivity contribution >= 4 is 46.1 Å². The summed E-state index contributed by atoms with van der Waals surface area (Å²) in [6.45, 7) is 7.46. The standard InChI is InChI=1S/C29H40BrN5O3/c1-19(13-21(3)33-18-36)20(2)17-32-28(37)25-14-23(30)15-27(26(25)16-31)34-24-9-11-35(12-10-24)29(38)22-7-5-4-6-8-22/h13-16,18,22,24,31,34H,4-12,17H2,1-3H3,(H,32,37)(H,33,36)/b20-19+,21-13-,31-16?. The molecule has 0 bridgehead atoms. The van der Waals surface area contributed by atoms with Crippen LogP contribution in [-0.2, 0) is 9.59 Å². The molecular formula is C29H40BrN5O3. The molecule has 1 aliphatic carbocycles. The number of hydrogen-bond acceptors (Lipinski definition) is 5. The number of rotatable bonds is 10. The number of hydrogen-bond donors (Lipinski definition) is 4. The smallest absolute Gasteiger partial charge is 0.252 e. The fraction of sp³-hybridized carbons (Fsp3) is 0.517. The molecule has 0 unspecified atom stereocenters. The van der Waals surface area contributed by atoms with Crippen molar-refractivity contribution in [2.45, 2.75) is 71.8 Å². The van der Waals surface area contributed by atoms with E-state index in [4.69, 9.17) is 5.41 Å². The van der Waals surface area contributed by atoms with Crippen LogP contribution in [0.3, 0.4) is 0 Å². The lowest BCUT2D eigenvalue weighted by Gasteiger charge is -2.36. The van der Waals surface area contributed by atoms with Crippen LogP contribution in [0.4, 0.5) is 5.69 Å². The molecule has 0 atom stereocenters. The lowest BCUT2D eigenvalue weighted by Crippen LogP contribution is -2.45. The number of carbonyl (C=O) groups excluding carboxylic acids is 3. The molecule has 206 valence electrons. The highest BCUT2D eigenvalue weighted by Gasteiger charge is 2.29. The van der Waals surface area contributed by atoms with Crippen LogP contribution in [0.1, 0.15) is 81.6 Å². The maximum Gasteiger partial charge on any atom is 0.252 e. The molecule has 2 aliphatic rings. The van der Waals surface area contributed by atoms with Gasteiger partial charge in [-0.3, -0.25) is 14.4 Å². The van der Waals surface area contributed by atoms with Gasteiger partial charge in [0.05, 0.1) is 5.56 Å². The zero-order chi connectivity index (χ0) is 27.7. The first-order chi connectivity index (χ1) is 18.2. The Morgan fingerprint density at radius 1 is 1.08 bits per heavy atom. The van der Waals surface area contributed by atoms with Gasteiger partial charge in [-0.05, 0) is 70.2 Å². The third kappa shape index (κ3) is 8.03. The zero-order valence-electron chi connectivity index (χ0n) is 22.7. The molecule has 38 heavy (non-hydrogen) atoms. The number of nitrogens with one attached hydrogen (secondary N) is 4. The van der Waals surface area contributed by atoms with Crippen molar-refractivity contribution in [2.24, 2.45) is 5.92 Å². The van der Waals surface area contributed by atoms with E-state index < -0.39 is 0 Å². The van der Waals surface area contributed by atoms with Gasteiger partial charge in [0.1, 0.15) is 0 Å². The van der Waals surface area contributed by atoms with Crippen LogP contribution in [0.2, 0.25) is 0 Å². The number of piperidine rings is 1. The summed E-state index contributed by atoms with van der Waals surface area (Å²) in [6.07, 6.45) is 11.0. The molecule has 8 nitrogen and oxygen atoms in total. The molecule has 4 N–H and O–H groups in total. The number of anilines is 1. The SMILES string of the molecule is C/C(=C/C(C)=C(\C)CNC(=O)c1cc(Br)cc(NC2CCN(C(=O)C3CCCCC3)CC2)c1C=N)NC=O. The number of amides is 3. The molecule has 1 saturated heterocycles. The van der Waals surface area contributed by atoms with Crippen LogP contribution in [0.25, 0.3) is 0 Å². The Morgan fingerprint density at radius 2 is 1.76 bits per heavy atom. The van der Waals surface area contributed by atoms with E-state index in [1.54, 1.807) is 13.0 Å². The van der Waals surface area contributed by atoms with E-state index in [1.807, 2.05) is 30.9 Å². The van der Waals surface area contributed by atoms with Crippen molar-refractivity contribution in [3.63, 3.8) is 0 Å². The van der Waals surface area contributed by atoms with Gasteiger partial charge in [-0.1, -0.05) is 40.8 Å². The van der Waals surface area contributed by atoms with Gasteiger partial charge in [-0.15, -0.1) is 0 Å². The first-order valence-corrected chi connectivity index (χ1v) is 14.2. The summed E-state index contributed by atoms with van der Waals surface area (Å²) in [6, 6.07) is 3.80. The molecule has 3 amide bonds. The van der Waals surface area contributed by atoms with Gasteiger partial charge in [-0.25, -0.2) is 0 Å². The maximum atomic E-state index is 13.1. The summed E-state index contributed by atoms with van der Waals surface area (Å²) in [4.78, 5) is 38.7. The molecule has 1 aliphatic heterocycles. The van der Waals surface area contributed by atoms with E-state index in [0.717, 1.165) is 78.6 Å². The lowest BCUT2D eigenvalue weighted by atomic mass is 9.87. The molecule has 3 rings (SSSR count). The van der Waals surface area contributed by atoms with Gasteiger partial charge >= 0.3 is 0 Å². The first-order valence-electron chi connectivity index (χ1n) is 13.5. The molecule has 1 aromatic rings. The summed E-state index contributed by atoms with van der Waals surface area (Å²) in [5.74, 6) is 0.244. The van der Waals surface area contributed by atoms with Gasteiger partial charge in [0, 0.05) is 59.2 Å². The van der Waals surface area contributed by atoms with Gasteiger partial charge in [0.25, 0.3) is 5.91 Å². The van der Waals surface area contributed by atoms with Crippen molar-refractivity contribution in [3.8, 4) is 0 Å². The van der Waals surface area contributed by atoms with Crippen LogP contribution in [0, 0.1) is 11.3 Å². The maximum absolute atomic E-state index is 13.1. The number of allylic oxidation sites excluding steroid dienone is 3. The van der Waals surface area contributed by atoms with E-state index in [9.17, 15) is 14.4 Å². The summed E-state index contributed by atoms with van der Waals surface area (Å²) in [5.41, 5.74) is 4.33. The van der Waals surface area contributed by atoms with Crippen LogP contribution >= 0.6 is 15.9 Å². The quantitative estimate of drug-likeness (QED) is 0.173. The van der Waals surface area contributed by atoms with E-state index in [-0.39, 0.29) is 17.9 Å². The van der Waals surface area contributed by atoms with Gasteiger partial charge in [0.15, 0.2) is 0 Å². The average Bonchev–Trinajstić information content (AvgIpc) is 2.91. The van der Waals surface area contributed by atoms with Crippen LogP contribution < -0.4 is 16.0 Å². The second kappa shape index (κ2) is 14.3. The summed E-state index contributed by atoms with van der Waals surface area (Å²) >= 11 is 3.53. The number of benzene rings is 1. The lowest BCUT2D eigenvalue weighted by molar-refractivity contribution is -0.137. The third-order valence-electron chi connectivity index (χ3n) is 7.56. The Hall–Kier alpha value is -2.94. The minimum absolute atomic E-state index is 0.164. The fourth-order valence-electron chi connectivity index (χ4n) is 5.18. The summed E-state index contributed by atoms with van der Waals surface area (Å²) in [5, 5.41) is 17.1. The number of likely N-dealkylation sites (tertiary alicyclic amines) is 1. The van der Waals surface area contributed by atoms with E-state index in [2.05, 4.69) is 31.9 Å². The summed E-state index contributed by atoms with van der Waals surface area (Å²) < 4.78 is 0.752. The van der Waals surface area contributed by atoms with Gasteiger partial charge in [-0.2, -0.15) is 0 Å². The topological polar surface area (TPSA) is 114 Å².